The molecule has 2 nitrogen and oxygen atoms in total. The molecule has 0 saturated heterocycles. The van der Waals surface area contributed by atoms with Crippen LogP contribution < -0.4 is 5.73 Å². The molecule has 0 spiro atoms. The van der Waals surface area contributed by atoms with Crippen molar-refractivity contribution < 1.29 is 0 Å². The number of rotatable bonds is 5. The molecule has 0 bridgehead atoms. The van der Waals surface area contributed by atoms with Crippen LogP contribution in [0.5, 0.6) is 0 Å². The first-order valence-corrected chi connectivity index (χ1v) is 8.17. The van der Waals surface area contributed by atoms with E-state index in [4.69, 9.17) is 17.3 Å². The molecule has 2 atom stereocenters. The second kappa shape index (κ2) is 7.44. The quantitative estimate of drug-likeness (QED) is 0.880. The van der Waals surface area contributed by atoms with Crippen LogP contribution in [0.1, 0.15) is 50.6 Å². The molecule has 1 aromatic rings. The summed E-state index contributed by atoms with van der Waals surface area (Å²) in [5.41, 5.74) is 7.50. The summed E-state index contributed by atoms with van der Waals surface area (Å²) in [4.78, 5) is 2.43. The zero-order valence-corrected chi connectivity index (χ0v) is 13.4. The molecular formula is C17H27ClN2. The van der Waals surface area contributed by atoms with Crippen molar-refractivity contribution in [1.82, 2.24) is 4.90 Å². The molecule has 1 aliphatic carbocycles. The Morgan fingerprint density at radius 2 is 1.80 bits per heavy atom. The Labute approximate surface area is 128 Å². The van der Waals surface area contributed by atoms with Gasteiger partial charge in [-0.05, 0) is 50.4 Å². The Morgan fingerprint density at radius 3 is 2.35 bits per heavy atom. The molecule has 20 heavy (non-hydrogen) atoms. The molecular weight excluding hydrogens is 268 g/mol. The average molecular weight is 295 g/mol. The summed E-state index contributed by atoms with van der Waals surface area (Å²) in [7, 11) is 2.21. The van der Waals surface area contributed by atoms with E-state index in [0.717, 1.165) is 17.5 Å². The third kappa shape index (κ3) is 4.21. The Morgan fingerprint density at radius 1 is 1.20 bits per heavy atom. The standard InChI is InChI=1S/C17H27ClN2/c1-13(19)17(15-8-10-16(18)11-9-15)20(2)12-14-6-4-3-5-7-14/h8-11,13-14,17H,3-7,12,19H2,1-2H3. The van der Waals surface area contributed by atoms with E-state index in [1.54, 1.807) is 0 Å². The third-order valence-corrected chi connectivity index (χ3v) is 4.71. The second-order valence-electron chi connectivity index (χ2n) is 6.30. The third-order valence-electron chi connectivity index (χ3n) is 4.46. The molecule has 1 saturated carbocycles. The van der Waals surface area contributed by atoms with Gasteiger partial charge in [0.05, 0.1) is 0 Å². The van der Waals surface area contributed by atoms with Crippen LogP contribution in [0, 0.1) is 5.92 Å². The van der Waals surface area contributed by atoms with Crippen molar-refractivity contribution in [3.05, 3.63) is 34.9 Å². The maximum absolute atomic E-state index is 6.24. The highest BCUT2D eigenvalue weighted by atomic mass is 35.5. The first kappa shape index (κ1) is 15.8. The van der Waals surface area contributed by atoms with E-state index >= 15 is 0 Å². The Bertz CT molecular complexity index is 396. The van der Waals surface area contributed by atoms with Gasteiger partial charge in [0, 0.05) is 23.7 Å². The van der Waals surface area contributed by atoms with E-state index in [0.29, 0.717) is 0 Å². The van der Waals surface area contributed by atoms with Crippen LogP contribution in [0.25, 0.3) is 0 Å². The fraction of sp³-hybridized carbons (Fsp3) is 0.647. The van der Waals surface area contributed by atoms with Gasteiger partial charge < -0.3 is 5.73 Å². The van der Waals surface area contributed by atoms with Crippen LogP contribution in [0.4, 0.5) is 0 Å². The maximum atomic E-state index is 6.24. The Balaban J connectivity index is 2.05. The minimum atomic E-state index is 0.116. The topological polar surface area (TPSA) is 29.3 Å². The van der Waals surface area contributed by atoms with Gasteiger partial charge in [-0.25, -0.2) is 0 Å². The van der Waals surface area contributed by atoms with Crippen molar-refractivity contribution in [2.75, 3.05) is 13.6 Å². The molecule has 0 amide bonds. The van der Waals surface area contributed by atoms with Crippen LogP contribution in [0.3, 0.4) is 0 Å². The molecule has 2 unspecified atom stereocenters. The summed E-state index contributed by atoms with van der Waals surface area (Å²) in [5.74, 6) is 0.835. The summed E-state index contributed by atoms with van der Waals surface area (Å²) in [5, 5.41) is 0.784. The van der Waals surface area contributed by atoms with Gasteiger partial charge in [-0.15, -0.1) is 0 Å². The van der Waals surface area contributed by atoms with E-state index < -0.39 is 0 Å². The summed E-state index contributed by atoms with van der Waals surface area (Å²) >= 11 is 5.99. The number of hydrogen-bond acceptors (Lipinski definition) is 2. The van der Waals surface area contributed by atoms with E-state index in [2.05, 4.69) is 31.0 Å². The molecule has 1 fully saturated rings. The van der Waals surface area contributed by atoms with Gasteiger partial charge in [-0.2, -0.15) is 0 Å². The van der Waals surface area contributed by atoms with Gasteiger partial charge >= 0.3 is 0 Å². The van der Waals surface area contributed by atoms with Gasteiger partial charge in [0.15, 0.2) is 0 Å². The van der Waals surface area contributed by atoms with E-state index in [9.17, 15) is 0 Å². The van der Waals surface area contributed by atoms with Gasteiger partial charge in [-0.3, -0.25) is 4.90 Å². The molecule has 3 heteroatoms. The summed E-state index contributed by atoms with van der Waals surface area (Å²) in [6.07, 6.45) is 6.94. The first-order valence-electron chi connectivity index (χ1n) is 7.79. The largest absolute Gasteiger partial charge is 0.326 e. The molecule has 112 valence electrons. The second-order valence-corrected chi connectivity index (χ2v) is 6.74. The molecule has 0 aliphatic heterocycles. The van der Waals surface area contributed by atoms with Crippen LogP contribution in [0.2, 0.25) is 5.02 Å². The number of halogens is 1. The zero-order valence-electron chi connectivity index (χ0n) is 12.7. The summed E-state index contributed by atoms with van der Waals surface area (Å²) < 4.78 is 0. The highest BCUT2D eigenvalue weighted by Gasteiger charge is 2.24. The van der Waals surface area contributed by atoms with Gasteiger partial charge in [0.25, 0.3) is 0 Å². The number of benzene rings is 1. The van der Waals surface area contributed by atoms with Crippen molar-refractivity contribution in [2.24, 2.45) is 11.7 Å². The first-order chi connectivity index (χ1) is 9.58. The number of hydrogen-bond donors (Lipinski definition) is 1. The van der Waals surface area contributed by atoms with Crippen molar-refractivity contribution in [3.8, 4) is 0 Å². The number of nitrogens with zero attached hydrogens (tertiary/aromatic N) is 1. The van der Waals surface area contributed by atoms with Crippen LogP contribution >= 0.6 is 11.6 Å². The Kier molecular flexibility index (Phi) is 5.88. The molecule has 1 aromatic carbocycles. The Hall–Kier alpha value is -0.570. The number of nitrogens with two attached hydrogens (primary N) is 1. The summed E-state index contributed by atoms with van der Waals surface area (Å²) in [6.45, 7) is 3.24. The molecule has 0 radical (unpaired) electrons. The van der Waals surface area contributed by atoms with Gasteiger partial charge in [-0.1, -0.05) is 43.0 Å². The SMILES string of the molecule is CC(N)C(c1ccc(Cl)cc1)N(C)CC1CCCCC1. The number of likely N-dealkylation sites (N-methyl/N-ethyl adjacent to an activating group) is 1. The predicted molar refractivity (Wildman–Crippen MR) is 87.0 cm³/mol. The lowest BCUT2D eigenvalue weighted by molar-refractivity contribution is 0.167. The van der Waals surface area contributed by atoms with Gasteiger partial charge in [0.2, 0.25) is 0 Å². The lowest BCUT2D eigenvalue weighted by Gasteiger charge is -2.35. The molecule has 2 N–H and O–H groups in total. The van der Waals surface area contributed by atoms with Crippen molar-refractivity contribution in [2.45, 2.75) is 51.1 Å². The lowest BCUT2D eigenvalue weighted by Crippen LogP contribution is -2.39. The van der Waals surface area contributed by atoms with E-state index in [1.807, 2.05) is 12.1 Å². The van der Waals surface area contributed by atoms with E-state index in [1.165, 1.54) is 37.7 Å². The zero-order chi connectivity index (χ0) is 14.5. The molecule has 1 aliphatic rings. The monoisotopic (exact) mass is 294 g/mol. The van der Waals surface area contributed by atoms with Crippen LogP contribution in [0.15, 0.2) is 24.3 Å². The highest BCUT2D eigenvalue weighted by molar-refractivity contribution is 6.30. The fourth-order valence-corrected chi connectivity index (χ4v) is 3.64. The molecule has 0 heterocycles. The molecule has 0 aromatic heterocycles. The summed E-state index contributed by atoms with van der Waals surface area (Å²) in [6, 6.07) is 8.52. The van der Waals surface area contributed by atoms with Crippen LogP contribution in [-0.2, 0) is 0 Å². The average Bonchev–Trinajstić information content (AvgIpc) is 2.42. The van der Waals surface area contributed by atoms with Crippen molar-refractivity contribution >= 4 is 11.6 Å². The maximum Gasteiger partial charge on any atom is 0.0493 e. The predicted octanol–water partition coefficient (Wildman–Crippen LogP) is 4.24. The highest BCUT2D eigenvalue weighted by Crippen LogP contribution is 2.29. The smallest absolute Gasteiger partial charge is 0.0493 e. The van der Waals surface area contributed by atoms with E-state index in [-0.39, 0.29) is 12.1 Å². The van der Waals surface area contributed by atoms with Crippen molar-refractivity contribution in [1.29, 1.82) is 0 Å². The van der Waals surface area contributed by atoms with Crippen molar-refractivity contribution in [3.63, 3.8) is 0 Å². The minimum absolute atomic E-state index is 0.116. The van der Waals surface area contributed by atoms with Crippen LogP contribution in [-0.4, -0.2) is 24.5 Å². The minimum Gasteiger partial charge on any atom is -0.326 e. The lowest BCUT2D eigenvalue weighted by atomic mass is 9.88. The molecule has 2 rings (SSSR count). The van der Waals surface area contributed by atoms with Gasteiger partial charge in [0.1, 0.15) is 0 Å². The fourth-order valence-electron chi connectivity index (χ4n) is 3.51. The normalized spacial score (nSPS) is 20.1.